The first-order valence-corrected chi connectivity index (χ1v) is 9.72. The number of amides is 1. The Labute approximate surface area is 175 Å². The lowest BCUT2D eigenvalue weighted by Gasteiger charge is -2.46. The largest absolute Gasteiger partial charge is 0.473 e. The monoisotopic (exact) mass is 412 g/mol. The van der Waals surface area contributed by atoms with E-state index in [0.717, 1.165) is 0 Å². The van der Waals surface area contributed by atoms with Crippen LogP contribution in [0.2, 0.25) is 0 Å². The maximum absolute atomic E-state index is 14.1. The third-order valence-electron chi connectivity index (χ3n) is 5.22. The van der Waals surface area contributed by atoms with E-state index >= 15 is 0 Å². The molecule has 1 N–H and O–H groups in total. The number of piperazine rings is 1. The summed E-state index contributed by atoms with van der Waals surface area (Å²) in [6.07, 6.45) is -0.913. The Morgan fingerprint density at radius 3 is 2.73 bits per heavy atom. The molecule has 1 unspecified atom stereocenters. The summed E-state index contributed by atoms with van der Waals surface area (Å²) < 4.78 is 19.7. The van der Waals surface area contributed by atoms with Crippen LogP contribution >= 0.6 is 0 Å². The van der Waals surface area contributed by atoms with Gasteiger partial charge in [-0.2, -0.15) is 10.2 Å². The van der Waals surface area contributed by atoms with Crippen LogP contribution in [0.25, 0.3) is 0 Å². The van der Waals surface area contributed by atoms with Crippen molar-refractivity contribution in [1.82, 2.24) is 9.88 Å². The molecule has 1 aromatic heterocycles. The van der Waals surface area contributed by atoms with Crippen molar-refractivity contribution in [2.75, 3.05) is 24.5 Å². The van der Waals surface area contributed by atoms with E-state index in [0.29, 0.717) is 36.9 Å². The van der Waals surface area contributed by atoms with Crippen LogP contribution in [0.3, 0.4) is 0 Å². The van der Waals surface area contributed by atoms with Crippen molar-refractivity contribution in [2.24, 2.45) is 5.41 Å². The minimum absolute atomic E-state index is 0.00853. The number of pyridine rings is 1. The van der Waals surface area contributed by atoms with Crippen LogP contribution in [0, 0.1) is 22.6 Å². The van der Waals surface area contributed by atoms with Gasteiger partial charge in [-0.3, -0.25) is 0 Å². The molecule has 1 amide bonds. The van der Waals surface area contributed by atoms with Crippen LogP contribution in [-0.4, -0.2) is 46.8 Å². The van der Waals surface area contributed by atoms with Crippen LogP contribution in [0.5, 0.6) is 5.88 Å². The summed E-state index contributed by atoms with van der Waals surface area (Å²) in [7, 11) is 0. The van der Waals surface area contributed by atoms with E-state index in [2.05, 4.69) is 4.98 Å². The number of nitriles is 1. The third-order valence-corrected chi connectivity index (χ3v) is 5.22. The van der Waals surface area contributed by atoms with Crippen molar-refractivity contribution in [3.8, 4) is 11.9 Å². The van der Waals surface area contributed by atoms with Crippen LogP contribution in [-0.2, 0) is 6.61 Å². The number of nitrogens with zero attached hydrogens (tertiary/aromatic N) is 4. The molecule has 3 rings (SSSR count). The van der Waals surface area contributed by atoms with Gasteiger partial charge in [0.25, 0.3) is 0 Å². The van der Waals surface area contributed by atoms with Crippen molar-refractivity contribution in [3.63, 3.8) is 0 Å². The second kappa shape index (κ2) is 8.57. The highest BCUT2D eigenvalue weighted by molar-refractivity contribution is 5.66. The zero-order valence-electron chi connectivity index (χ0n) is 17.3. The lowest BCUT2D eigenvalue weighted by Crippen LogP contribution is -2.59. The number of carboxylic acid groups (broad SMARTS) is 1. The van der Waals surface area contributed by atoms with E-state index in [9.17, 15) is 14.3 Å². The van der Waals surface area contributed by atoms with Gasteiger partial charge in [0.1, 0.15) is 18.2 Å². The maximum atomic E-state index is 14.1. The lowest BCUT2D eigenvalue weighted by molar-refractivity contribution is 0.0746. The van der Waals surface area contributed by atoms with Crippen molar-refractivity contribution in [2.45, 2.75) is 33.4 Å². The van der Waals surface area contributed by atoms with Gasteiger partial charge in [0.2, 0.25) is 5.88 Å². The first-order valence-electron chi connectivity index (χ1n) is 9.72. The average Bonchev–Trinajstić information content (AvgIpc) is 2.72. The highest BCUT2D eigenvalue weighted by Crippen LogP contribution is 2.30. The summed E-state index contributed by atoms with van der Waals surface area (Å²) in [6, 6.07) is 11.3. The van der Waals surface area contributed by atoms with E-state index in [1.54, 1.807) is 12.1 Å². The molecular formula is C22H25FN4O3. The number of benzene rings is 1. The molecule has 1 fully saturated rings. The molecule has 0 spiro atoms. The van der Waals surface area contributed by atoms with Crippen LogP contribution in [0.4, 0.5) is 15.0 Å². The van der Waals surface area contributed by atoms with Gasteiger partial charge in [0.15, 0.2) is 0 Å². The van der Waals surface area contributed by atoms with Gasteiger partial charge in [-0.05, 0) is 23.6 Å². The number of anilines is 1. The molecule has 0 radical (unpaired) electrons. The van der Waals surface area contributed by atoms with Crippen molar-refractivity contribution in [3.05, 3.63) is 53.3 Å². The van der Waals surface area contributed by atoms with Gasteiger partial charge in [0, 0.05) is 31.3 Å². The number of halogens is 1. The number of ether oxygens (including phenoxy) is 1. The fourth-order valence-corrected chi connectivity index (χ4v) is 3.51. The average molecular weight is 412 g/mol. The predicted molar refractivity (Wildman–Crippen MR) is 110 cm³/mol. The Morgan fingerprint density at radius 1 is 1.33 bits per heavy atom. The molecule has 30 heavy (non-hydrogen) atoms. The molecule has 2 aromatic rings. The van der Waals surface area contributed by atoms with E-state index in [-0.39, 0.29) is 23.6 Å². The molecule has 1 atom stereocenters. The van der Waals surface area contributed by atoms with Gasteiger partial charge in [0.05, 0.1) is 17.7 Å². The summed E-state index contributed by atoms with van der Waals surface area (Å²) in [5, 5.41) is 18.4. The second-order valence-electron chi connectivity index (χ2n) is 8.34. The Hall–Kier alpha value is -3.34. The molecular weight excluding hydrogens is 387 g/mol. The highest BCUT2D eigenvalue weighted by atomic mass is 19.1. The van der Waals surface area contributed by atoms with Crippen molar-refractivity contribution in [1.29, 1.82) is 5.26 Å². The summed E-state index contributed by atoms with van der Waals surface area (Å²) in [4.78, 5) is 19.7. The Bertz CT molecular complexity index is 968. The number of hydrogen-bond donors (Lipinski definition) is 1. The number of rotatable bonds is 4. The molecule has 2 heterocycles. The Kier molecular flexibility index (Phi) is 6.11. The molecule has 1 aliphatic heterocycles. The fourth-order valence-electron chi connectivity index (χ4n) is 3.51. The molecule has 8 heteroatoms. The zero-order valence-corrected chi connectivity index (χ0v) is 17.3. The van der Waals surface area contributed by atoms with E-state index in [1.165, 1.54) is 17.0 Å². The van der Waals surface area contributed by atoms with Crippen molar-refractivity contribution < 1.29 is 19.0 Å². The molecule has 1 aromatic carbocycles. The molecule has 0 bridgehead atoms. The smallest absolute Gasteiger partial charge is 0.407 e. The van der Waals surface area contributed by atoms with Gasteiger partial charge in [-0.15, -0.1) is 0 Å². The second-order valence-corrected chi connectivity index (χ2v) is 8.34. The first-order chi connectivity index (χ1) is 14.2. The first kappa shape index (κ1) is 21.4. The Balaban J connectivity index is 1.72. The van der Waals surface area contributed by atoms with Gasteiger partial charge < -0.3 is 19.6 Å². The predicted octanol–water partition coefficient (Wildman–Crippen LogP) is 3.89. The lowest BCUT2D eigenvalue weighted by atomic mass is 9.84. The van der Waals surface area contributed by atoms with Gasteiger partial charge >= 0.3 is 6.09 Å². The van der Waals surface area contributed by atoms with Crippen LogP contribution in [0.15, 0.2) is 36.4 Å². The quantitative estimate of drug-likeness (QED) is 0.820. The standard InChI is InChI=1S/C22H25FN4O3/c1-22(2,3)18-13-26(9-10-27(18)21(28)29)19-5-4-6-20(25-19)30-14-16-8-7-15(12-24)11-17(16)23/h4-8,11,18H,9-10,13-14H2,1-3H3,(H,28,29). The summed E-state index contributed by atoms with van der Waals surface area (Å²) >= 11 is 0. The van der Waals surface area contributed by atoms with E-state index in [4.69, 9.17) is 10.00 Å². The number of aromatic nitrogens is 1. The molecule has 0 saturated carbocycles. The SMILES string of the molecule is CC(C)(C)C1CN(c2cccc(OCc3ccc(C#N)cc3F)n2)CCN1C(=O)O. The highest BCUT2D eigenvalue weighted by Gasteiger charge is 2.38. The zero-order chi connectivity index (χ0) is 21.9. The van der Waals surface area contributed by atoms with Gasteiger partial charge in [-0.1, -0.05) is 32.9 Å². The minimum atomic E-state index is -0.913. The normalized spacial score (nSPS) is 16.8. The minimum Gasteiger partial charge on any atom is -0.473 e. The van der Waals surface area contributed by atoms with Crippen LogP contribution < -0.4 is 9.64 Å². The summed E-state index contributed by atoms with van der Waals surface area (Å²) in [6.45, 7) is 7.50. The number of hydrogen-bond acceptors (Lipinski definition) is 5. The van der Waals surface area contributed by atoms with E-state index < -0.39 is 11.9 Å². The molecule has 1 saturated heterocycles. The van der Waals surface area contributed by atoms with Gasteiger partial charge in [-0.25, -0.2) is 9.18 Å². The van der Waals surface area contributed by atoms with Crippen LogP contribution in [0.1, 0.15) is 31.9 Å². The number of carbonyl (C=O) groups is 1. The third kappa shape index (κ3) is 4.79. The topological polar surface area (TPSA) is 89.7 Å². The molecule has 0 aliphatic carbocycles. The van der Waals surface area contributed by atoms with Crippen molar-refractivity contribution >= 4 is 11.9 Å². The fraction of sp³-hybridized carbons (Fsp3) is 0.409. The molecule has 7 nitrogen and oxygen atoms in total. The molecule has 1 aliphatic rings. The summed E-state index contributed by atoms with van der Waals surface area (Å²) in [5.74, 6) is 0.541. The maximum Gasteiger partial charge on any atom is 0.407 e. The Morgan fingerprint density at radius 2 is 2.10 bits per heavy atom. The summed E-state index contributed by atoms with van der Waals surface area (Å²) in [5.41, 5.74) is 0.368. The molecule has 158 valence electrons. The van der Waals surface area contributed by atoms with E-state index in [1.807, 2.05) is 43.9 Å².